The largest absolute Gasteiger partial charge is 0.331 e. The van der Waals surface area contributed by atoms with Crippen molar-refractivity contribution >= 4 is 27.4 Å². The van der Waals surface area contributed by atoms with Gasteiger partial charge in [0.1, 0.15) is 15.8 Å². The first-order valence-corrected chi connectivity index (χ1v) is 11.2. The van der Waals surface area contributed by atoms with Crippen molar-refractivity contribution in [1.29, 1.82) is 0 Å². The monoisotopic (exact) mass is 429 g/mol. The lowest BCUT2D eigenvalue weighted by Gasteiger charge is -2.33. The fourth-order valence-electron chi connectivity index (χ4n) is 3.10. The molecule has 1 aliphatic heterocycles. The molecule has 3 rings (SSSR count). The average molecular weight is 430 g/mol. The topological polar surface area (TPSA) is 78.5 Å². The highest BCUT2D eigenvalue weighted by atomic mass is 32.2. The van der Waals surface area contributed by atoms with E-state index in [1.807, 2.05) is 0 Å². The Balaban J connectivity index is 1.52. The van der Waals surface area contributed by atoms with E-state index >= 15 is 0 Å². The van der Waals surface area contributed by atoms with Crippen molar-refractivity contribution in [2.45, 2.75) is 36.1 Å². The summed E-state index contributed by atoms with van der Waals surface area (Å²) < 4.78 is 54.4. The van der Waals surface area contributed by atoms with Crippen LogP contribution >= 0.6 is 11.3 Å². The van der Waals surface area contributed by atoms with E-state index < -0.39 is 27.7 Å². The fourth-order valence-corrected chi connectivity index (χ4v) is 5.42. The van der Waals surface area contributed by atoms with Gasteiger partial charge in [-0.1, -0.05) is 12.1 Å². The van der Waals surface area contributed by atoms with E-state index in [9.17, 15) is 22.0 Å². The fraction of sp³-hybridized carbons (Fsp3) is 0.389. The van der Waals surface area contributed by atoms with Gasteiger partial charge < -0.3 is 10.2 Å². The number of nitrogens with zero attached hydrogens (tertiary/aromatic N) is 1. The first-order chi connectivity index (χ1) is 13.3. The van der Waals surface area contributed by atoms with Crippen molar-refractivity contribution < 1.29 is 22.0 Å². The number of hydrogen-bond donors (Lipinski definition) is 2. The molecule has 0 spiro atoms. The number of carbonyl (C=O) groups is 1. The Morgan fingerprint density at radius 1 is 1.25 bits per heavy atom. The highest BCUT2D eigenvalue weighted by Gasteiger charge is 2.28. The number of benzene rings is 1. The lowest BCUT2D eigenvalue weighted by atomic mass is 10.1. The van der Waals surface area contributed by atoms with Crippen LogP contribution in [0.15, 0.2) is 39.9 Å². The number of hydrogen-bond acceptors (Lipinski definition) is 4. The molecular weight excluding hydrogens is 408 g/mol. The Labute approximate surface area is 166 Å². The first-order valence-electron chi connectivity index (χ1n) is 8.82. The third kappa shape index (κ3) is 4.86. The molecule has 1 aliphatic rings. The van der Waals surface area contributed by atoms with Gasteiger partial charge in [-0.05, 0) is 37.3 Å². The third-order valence-corrected chi connectivity index (χ3v) is 7.55. The highest BCUT2D eigenvalue weighted by Crippen LogP contribution is 2.20. The molecule has 10 heteroatoms. The number of sulfonamides is 1. The van der Waals surface area contributed by atoms with E-state index in [0.29, 0.717) is 25.9 Å². The van der Waals surface area contributed by atoms with Crippen LogP contribution in [-0.2, 0) is 10.0 Å². The summed E-state index contributed by atoms with van der Waals surface area (Å²) in [7, 11) is -3.54. The molecule has 1 atom stereocenters. The maximum absolute atomic E-state index is 13.8. The molecule has 2 aromatic rings. The van der Waals surface area contributed by atoms with Gasteiger partial charge in [0.15, 0.2) is 0 Å². The zero-order chi connectivity index (χ0) is 20.3. The smallest absolute Gasteiger partial charge is 0.317 e. The predicted molar refractivity (Wildman–Crippen MR) is 103 cm³/mol. The molecule has 28 heavy (non-hydrogen) atoms. The van der Waals surface area contributed by atoms with Crippen LogP contribution in [0.25, 0.3) is 0 Å². The minimum absolute atomic E-state index is 0.202. The first kappa shape index (κ1) is 20.7. The van der Waals surface area contributed by atoms with Crippen LogP contribution in [0.2, 0.25) is 0 Å². The molecule has 6 nitrogen and oxygen atoms in total. The molecule has 2 amide bonds. The van der Waals surface area contributed by atoms with Gasteiger partial charge in [0.05, 0.1) is 6.04 Å². The molecule has 0 aliphatic carbocycles. The van der Waals surface area contributed by atoms with Crippen LogP contribution < -0.4 is 10.0 Å². The zero-order valence-electron chi connectivity index (χ0n) is 15.2. The number of halogens is 2. The van der Waals surface area contributed by atoms with E-state index in [1.54, 1.807) is 29.3 Å². The van der Waals surface area contributed by atoms with Gasteiger partial charge in [0.2, 0.25) is 10.0 Å². The second kappa shape index (κ2) is 8.54. The molecule has 152 valence electrons. The Hall–Kier alpha value is -2.04. The summed E-state index contributed by atoms with van der Waals surface area (Å²) >= 11 is 1.15. The van der Waals surface area contributed by atoms with Crippen LogP contribution in [0, 0.1) is 11.6 Å². The molecule has 1 aromatic heterocycles. The third-order valence-electron chi connectivity index (χ3n) is 4.63. The quantitative estimate of drug-likeness (QED) is 0.766. The van der Waals surface area contributed by atoms with Crippen LogP contribution in [0.1, 0.15) is 31.4 Å². The van der Waals surface area contributed by atoms with Crippen LogP contribution in [-0.4, -0.2) is 38.5 Å². The van der Waals surface area contributed by atoms with Gasteiger partial charge in [-0.2, -0.15) is 0 Å². The lowest BCUT2D eigenvalue weighted by Crippen LogP contribution is -2.49. The summed E-state index contributed by atoms with van der Waals surface area (Å²) in [6, 6.07) is 5.22. The maximum Gasteiger partial charge on any atom is 0.317 e. The second-order valence-electron chi connectivity index (χ2n) is 6.65. The number of thiophene rings is 1. The molecule has 2 N–H and O–H groups in total. The Morgan fingerprint density at radius 3 is 2.57 bits per heavy atom. The maximum atomic E-state index is 13.8. The van der Waals surface area contributed by atoms with Crippen molar-refractivity contribution in [3.8, 4) is 0 Å². The summed E-state index contributed by atoms with van der Waals surface area (Å²) in [5.74, 6) is -1.39. The highest BCUT2D eigenvalue weighted by molar-refractivity contribution is 7.91. The average Bonchev–Trinajstić information content (AvgIpc) is 3.17. The molecule has 0 bridgehead atoms. The van der Waals surface area contributed by atoms with Gasteiger partial charge in [0, 0.05) is 30.8 Å². The van der Waals surface area contributed by atoms with E-state index in [0.717, 1.165) is 23.5 Å². The van der Waals surface area contributed by atoms with Crippen molar-refractivity contribution in [2.75, 3.05) is 13.1 Å². The van der Waals surface area contributed by atoms with Crippen LogP contribution in [0.3, 0.4) is 0 Å². The van der Waals surface area contributed by atoms with E-state index in [4.69, 9.17) is 0 Å². The predicted octanol–water partition coefficient (Wildman–Crippen LogP) is 3.24. The summed E-state index contributed by atoms with van der Waals surface area (Å²) in [4.78, 5) is 14.0. The standard InChI is InChI=1S/C18H21F2N3O3S2/c1-12(15-5-4-13(19)11-16(15)20)21-18(24)23-8-6-14(7-9-23)22-28(25,26)17-3-2-10-27-17/h2-5,10-12,14,22H,6-9H2,1H3,(H,21,24). The summed E-state index contributed by atoms with van der Waals surface area (Å²) in [5.41, 5.74) is 0.202. The van der Waals surface area contributed by atoms with E-state index in [-0.39, 0.29) is 21.8 Å². The second-order valence-corrected chi connectivity index (χ2v) is 9.54. The van der Waals surface area contributed by atoms with Gasteiger partial charge in [-0.25, -0.2) is 26.7 Å². The van der Waals surface area contributed by atoms with Gasteiger partial charge in [-0.15, -0.1) is 11.3 Å². The summed E-state index contributed by atoms with van der Waals surface area (Å²) in [6.45, 7) is 2.38. The van der Waals surface area contributed by atoms with E-state index in [1.165, 1.54) is 6.07 Å². The van der Waals surface area contributed by atoms with Gasteiger partial charge in [-0.3, -0.25) is 0 Å². The SMILES string of the molecule is CC(NC(=O)N1CCC(NS(=O)(=O)c2cccs2)CC1)c1ccc(F)cc1F. The Kier molecular flexibility index (Phi) is 6.31. The lowest BCUT2D eigenvalue weighted by molar-refractivity contribution is 0.177. The number of piperidine rings is 1. The van der Waals surface area contributed by atoms with Crippen molar-refractivity contribution in [2.24, 2.45) is 0 Å². The van der Waals surface area contributed by atoms with Crippen LogP contribution in [0.4, 0.5) is 13.6 Å². The Morgan fingerprint density at radius 2 is 1.96 bits per heavy atom. The number of urea groups is 1. The van der Waals surface area contributed by atoms with Gasteiger partial charge >= 0.3 is 6.03 Å². The normalized spacial score (nSPS) is 16.8. The molecule has 0 radical (unpaired) electrons. The number of amides is 2. The van der Waals surface area contributed by atoms with Gasteiger partial charge in [0.25, 0.3) is 0 Å². The van der Waals surface area contributed by atoms with Crippen molar-refractivity contribution in [1.82, 2.24) is 14.9 Å². The molecule has 1 saturated heterocycles. The molecule has 1 aromatic carbocycles. The number of likely N-dealkylation sites (tertiary alicyclic amines) is 1. The Bertz CT molecular complexity index is 928. The van der Waals surface area contributed by atoms with Crippen LogP contribution in [0.5, 0.6) is 0 Å². The number of carbonyl (C=O) groups excluding carboxylic acids is 1. The van der Waals surface area contributed by atoms with Crippen molar-refractivity contribution in [3.05, 3.63) is 52.9 Å². The number of nitrogens with one attached hydrogen (secondary N) is 2. The summed E-state index contributed by atoms with van der Waals surface area (Å²) in [5, 5.41) is 4.40. The molecular formula is C18H21F2N3O3S2. The van der Waals surface area contributed by atoms with Crippen molar-refractivity contribution in [3.63, 3.8) is 0 Å². The molecule has 0 saturated carbocycles. The molecule has 1 unspecified atom stereocenters. The molecule has 1 fully saturated rings. The minimum atomic E-state index is -3.54. The minimum Gasteiger partial charge on any atom is -0.331 e. The summed E-state index contributed by atoms with van der Waals surface area (Å²) in [6.07, 6.45) is 0.967. The zero-order valence-corrected chi connectivity index (χ0v) is 16.8. The van der Waals surface area contributed by atoms with E-state index in [2.05, 4.69) is 10.0 Å². The number of rotatable bonds is 5. The molecule has 2 heterocycles.